The zero-order valence-corrected chi connectivity index (χ0v) is 87.4. The average Bonchev–Trinajstić information content (AvgIpc) is 1.56. The Morgan fingerprint density at radius 2 is 0.727 bits per heavy atom. The second kappa shape index (κ2) is 43.8. The maximum absolute atomic E-state index is 15.8. The van der Waals surface area contributed by atoms with Crippen molar-refractivity contribution in [3.8, 4) is 33.8 Å². The van der Waals surface area contributed by atoms with Gasteiger partial charge in [-0.05, 0) is 213 Å². The van der Waals surface area contributed by atoms with E-state index >= 15 is 13.2 Å². The van der Waals surface area contributed by atoms with Crippen molar-refractivity contribution < 1.29 is 143 Å². The highest BCUT2D eigenvalue weighted by atomic mass is 127. The quantitative estimate of drug-likeness (QED) is 0.0265. The lowest BCUT2D eigenvalue weighted by molar-refractivity contribution is -0.161. The molecule has 18 rings (SSSR count). The van der Waals surface area contributed by atoms with Gasteiger partial charge in [0.05, 0.1) is 156 Å². The van der Waals surface area contributed by atoms with Crippen LogP contribution in [0.5, 0.6) is 0 Å². The minimum Gasteiger partial charge on any atom is -0.478 e. The maximum Gasteiger partial charge on any atom is 0.446 e. The number of carboxylic acids is 1. The number of likely N-dealkylation sites (tertiary alicyclic amines) is 3. The Kier molecular flexibility index (Phi) is 33.2. The standard InChI is InChI=1S/C35H37ClF4N4O5.C34H35ClF4N4O5.C31H29ClF4N4O5.C2HF3O.CH3I/c1-33(2,3)49-31(46)19-9-11-22(26(37)15-19)29-23-12-10-20(42(4)32(47)43-17-21(18-43)48-5)16-27(23)44(41-29)30(45)28-24(7-6-8-25(28)36)34(13-14-34)35(38,39)40;1-32(2,3)48-30(45)18-8-10-21(25(36)14-18)28-22-11-9-19(40-31(46)42-16-20(17-42)47-4)15-26(22)43(41-28)29(44)27-23(6-5-7-24(27)35)33(12-13-33)34(37,38)39;1-38(29(44)39-14-18(15-39)45-2)17-7-9-20-24(13-17)40(37-26(20)19-8-6-16(28(42)43)12-23(19)33)27(41)25-21(4-3-5-22(25)32)30(10-11-30)31(34,35)36;3-2(4,5)1-6;1-2/h6-9,11,15,20-21H,10,12-14,16-18H2,1-5H3;5-8,10,14,19-20H,9,11-13,15-17H2,1-4H3,(H,40,46);3-6,8,12,17-18H,7,9-11,13-15H2,1-2H3,(H,42,43);1H;1H3. The number of ether oxygens (including phenoxy) is 5. The second-order valence-corrected chi connectivity index (χ2v) is 41.2. The van der Waals surface area contributed by atoms with E-state index in [1.165, 1.54) is 91.0 Å². The molecule has 9 aromatic rings. The van der Waals surface area contributed by atoms with Gasteiger partial charge in [0.25, 0.3) is 17.7 Å². The molecule has 2 N–H and O–H groups in total. The van der Waals surface area contributed by atoms with E-state index in [9.17, 15) is 101 Å². The van der Waals surface area contributed by atoms with Crippen LogP contribution in [0.25, 0.3) is 33.8 Å². The topological polar surface area (TPSA) is 319 Å². The number of nitrogens with zero attached hydrogens (tertiary/aromatic N) is 11. The third-order valence-electron chi connectivity index (χ3n) is 28.2. The summed E-state index contributed by atoms with van der Waals surface area (Å²) in [6.45, 7) is 12.7. The van der Waals surface area contributed by atoms with Crippen molar-refractivity contribution in [1.29, 1.82) is 0 Å². The molecule has 0 bridgehead atoms. The zero-order valence-electron chi connectivity index (χ0n) is 83.0. The molecular formula is C103H105Cl3F15IN12O16. The number of benzene rings is 6. The summed E-state index contributed by atoms with van der Waals surface area (Å²) in [6.07, 6.45) is -18.4. The van der Waals surface area contributed by atoms with Gasteiger partial charge in [0.1, 0.15) is 28.7 Å². The number of aromatic nitrogens is 6. The van der Waals surface area contributed by atoms with Crippen LogP contribution in [0.3, 0.4) is 0 Å². The fourth-order valence-electron chi connectivity index (χ4n) is 19.4. The number of alkyl halides is 13. The second-order valence-electron chi connectivity index (χ2n) is 40.0. The van der Waals surface area contributed by atoms with Crippen molar-refractivity contribution in [2.24, 2.45) is 0 Å². The molecule has 3 aliphatic heterocycles. The average molecular weight is 2290 g/mol. The number of fused-ring (bicyclic) bond motifs is 3. The molecule has 3 aromatic heterocycles. The van der Waals surface area contributed by atoms with Gasteiger partial charge in [0, 0.05) is 106 Å². The van der Waals surface area contributed by atoms with Crippen LogP contribution in [0, 0.1) is 17.5 Å². The van der Waals surface area contributed by atoms with Crippen LogP contribution in [-0.4, -0.2) is 271 Å². The number of carbonyl (C=O) groups is 10. The van der Waals surface area contributed by atoms with Crippen LogP contribution in [0.1, 0.15) is 212 Å². The smallest absolute Gasteiger partial charge is 0.446 e. The SMILES string of the molecule is CI.COC1CN(C(=O)N(C)C2CCc3c(-c4ccc(C(=O)O)cc4F)nn(C(=O)c4c(Cl)cccc4C4(C(F)(F)F)CC4)c3C2)C1.COC1CN(C(=O)N(C)C2CCc3c(-c4ccc(C(=O)OC(C)(C)C)cc4F)nn(C(=O)c4c(Cl)cccc4C4(C(F)(F)F)CC4)c3C2)C1.COC1CN(C(=O)NC2CCc3c(-c4ccc(C(=O)OC(C)(C)C)cc4F)nn(C(=O)c4c(Cl)cccc4C4(C(F)(F)F)CC4)c3C2)C1.O=CC(F)(F)F. The Bertz CT molecular complexity index is 6750. The fourth-order valence-corrected chi connectivity index (χ4v) is 20.2. The molecule has 6 fully saturated rings. The Balaban J connectivity index is 0.000000171. The first-order chi connectivity index (χ1) is 70.3. The normalized spacial score (nSPS) is 18.4. The van der Waals surface area contributed by atoms with Crippen molar-refractivity contribution in [1.82, 2.24) is 59.2 Å². The lowest BCUT2D eigenvalue weighted by Gasteiger charge is -2.42. The number of likely N-dealkylation sites (N-methyl/N-ethyl adjacent to an activating group) is 2. The Morgan fingerprint density at radius 1 is 0.440 bits per heavy atom. The van der Waals surface area contributed by atoms with Gasteiger partial charge in [-0.15, -0.1) is 0 Å². The number of carbonyl (C=O) groups excluding carboxylic acids is 9. The number of hydrogen-bond acceptors (Lipinski definition) is 18. The van der Waals surface area contributed by atoms with E-state index in [-0.39, 0.29) is 212 Å². The largest absolute Gasteiger partial charge is 0.478 e. The first-order valence-electron chi connectivity index (χ1n) is 47.5. The number of halogens is 19. The highest BCUT2D eigenvalue weighted by Gasteiger charge is 2.68. The summed E-state index contributed by atoms with van der Waals surface area (Å²) in [6, 6.07) is 20.8. The highest BCUT2D eigenvalue weighted by Crippen LogP contribution is 2.63. The van der Waals surface area contributed by atoms with Gasteiger partial charge in [-0.25, -0.2) is 41.9 Å². The van der Waals surface area contributed by atoms with Gasteiger partial charge in [-0.2, -0.15) is 82.0 Å². The van der Waals surface area contributed by atoms with E-state index in [1.54, 1.807) is 101 Å². The van der Waals surface area contributed by atoms with Gasteiger partial charge in [0.15, 0.2) is 0 Å². The van der Waals surface area contributed by atoms with Crippen LogP contribution in [0.15, 0.2) is 109 Å². The zero-order chi connectivity index (χ0) is 110. The number of aldehydes is 1. The summed E-state index contributed by atoms with van der Waals surface area (Å²) in [7, 11) is 8.00. The van der Waals surface area contributed by atoms with Crippen LogP contribution >= 0.6 is 57.4 Å². The molecule has 0 spiro atoms. The molecule has 0 radical (unpaired) electrons. The predicted molar refractivity (Wildman–Crippen MR) is 526 cm³/mol. The molecule has 3 saturated carbocycles. The molecular weight excluding hydrogens is 2180 g/mol. The number of esters is 2. The molecule has 3 unspecified atom stereocenters. The number of methoxy groups -OCH3 is 3. The molecule has 47 heteroatoms. The van der Waals surface area contributed by atoms with E-state index in [0.29, 0.717) is 92.3 Å². The number of hydrogen-bond donors (Lipinski definition) is 2. The van der Waals surface area contributed by atoms with Crippen molar-refractivity contribution >= 4 is 117 Å². The molecule has 6 aromatic carbocycles. The number of rotatable bonds is 18. The summed E-state index contributed by atoms with van der Waals surface area (Å²) >= 11 is 21.5. The summed E-state index contributed by atoms with van der Waals surface area (Å²) in [5, 5.41) is 25.3. The summed E-state index contributed by atoms with van der Waals surface area (Å²) in [5.41, 5.74) is -7.62. The van der Waals surface area contributed by atoms with Crippen LogP contribution in [0.4, 0.5) is 80.2 Å². The minimum atomic E-state index is -4.64. The molecule has 9 aliphatic rings. The molecule has 3 saturated heterocycles. The molecule has 150 heavy (non-hydrogen) atoms. The van der Waals surface area contributed by atoms with Crippen LogP contribution in [-0.2, 0) is 83.2 Å². The molecule has 28 nitrogen and oxygen atoms in total. The van der Waals surface area contributed by atoms with Gasteiger partial charge in [0.2, 0.25) is 6.29 Å². The predicted octanol–water partition coefficient (Wildman–Crippen LogP) is 20.7. The van der Waals surface area contributed by atoms with Crippen molar-refractivity contribution in [3.63, 3.8) is 0 Å². The number of amides is 6. The van der Waals surface area contributed by atoms with Gasteiger partial charge in [-0.1, -0.05) is 93.8 Å². The number of nitrogens with one attached hydrogen (secondary N) is 1. The minimum absolute atomic E-state index is 0.00230. The molecule has 6 aliphatic carbocycles. The molecule has 806 valence electrons. The fraction of sp³-hybridized carbons (Fsp3) is 0.466. The van der Waals surface area contributed by atoms with E-state index in [0.717, 1.165) is 32.2 Å². The van der Waals surface area contributed by atoms with E-state index < -0.39 is 130 Å². The van der Waals surface area contributed by atoms with E-state index in [2.05, 4.69) is 43.2 Å². The highest BCUT2D eigenvalue weighted by molar-refractivity contribution is 14.1. The van der Waals surface area contributed by atoms with Crippen molar-refractivity contribution in [3.05, 3.63) is 226 Å². The lowest BCUT2D eigenvalue weighted by Crippen LogP contribution is -2.59. The molecule has 3 atom stereocenters. The van der Waals surface area contributed by atoms with Gasteiger partial charge >= 0.3 is 60.7 Å². The van der Waals surface area contributed by atoms with E-state index in [1.807, 2.05) is 4.93 Å². The van der Waals surface area contributed by atoms with Crippen molar-refractivity contribution in [2.75, 3.05) is 79.6 Å². The van der Waals surface area contributed by atoms with Gasteiger partial charge in [-0.3, -0.25) is 19.2 Å². The summed E-state index contributed by atoms with van der Waals surface area (Å²) in [5.74, 6) is -7.94. The van der Waals surface area contributed by atoms with Crippen LogP contribution < -0.4 is 5.32 Å². The molecule has 6 amide bonds. The third kappa shape index (κ3) is 23.3. The number of carboxylic acid groups (broad SMARTS) is 1. The maximum atomic E-state index is 15.8. The molecule has 6 heterocycles. The third-order valence-corrected chi connectivity index (χ3v) is 29.1. The summed E-state index contributed by atoms with van der Waals surface area (Å²) in [4.78, 5) is 138. The Morgan fingerprint density at radius 3 is 1.00 bits per heavy atom. The van der Waals surface area contributed by atoms with Crippen molar-refractivity contribution in [2.45, 2.75) is 226 Å². The number of aromatic carboxylic acids is 1. The summed E-state index contributed by atoms with van der Waals surface area (Å²) < 4.78 is 236. The number of urea groups is 3. The first-order valence-corrected chi connectivity index (χ1v) is 50.8. The Hall–Kier alpha value is -11.7. The monoisotopic (exact) mass is 2280 g/mol. The van der Waals surface area contributed by atoms with Crippen LogP contribution in [0.2, 0.25) is 15.1 Å². The lowest BCUT2D eigenvalue weighted by atomic mass is 9.88. The van der Waals surface area contributed by atoms with Gasteiger partial charge < -0.3 is 58.6 Å². The Labute approximate surface area is 879 Å². The first kappa shape index (κ1) is 114. The van der Waals surface area contributed by atoms with E-state index in [4.69, 9.17) is 63.3 Å².